The SMILES string of the molecule is NC(=O)c1cnn(C2CCN(S(=O)(=O)N3CCCCCC3)C2)c1. The van der Waals surface area contributed by atoms with Crippen LogP contribution in [0.25, 0.3) is 0 Å². The first-order valence-corrected chi connectivity index (χ1v) is 9.47. The molecule has 9 heteroatoms. The van der Waals surface area contributed by atoms with Gasteiger partial charge in [0.15, 0.2) is 0 Å². The molecule has 1 aromatic rings. The van der Waals surface area contributed by atoms with Crippen molar-refractivity contribution < 1.29 is 13.2 Å². The summed E-state index contributed by atoms with van der Waals surface area (Å²) in [5, 5.41) is 4.14. The molecule has 23 heavy (non-hydrogen) atoms. The third-order valence-corrected chi connectivity index (χ3v) is 6.61. The molecule has 3 heterocycles. The fourth-order valence-corrected chi connectivity index (χ4v) is 4.98. The van der Waals surface area contributed by atoms with Crippen molar-refractivity contribution in [1.29, 1.82) is 0 Å². The van der Waals surface area contributed by atoms with Crippen LogP contribution in [0.3, 0.4) is 0 Å². The summed E-state index contributed by atoms with van der Waals surface area (Å²) in [6, 6.07) is -0.0511. The van der Waals surface area contributed by atoms with Crippen LogP contribution in [0.4, 0.5) is 0 Å². The number of nitrogens with two attached hydrogens (primary N) is 1. The average Bonchev–Trinajstić information content (AvgIpc) is 3.10. The molecule has 2 saturated heterocycles. The molecule has 1 amide bonds. The molecule has 128 valence electrons. The number of rotatable bonds is 4. The highest BCUT2D eigenvalue weighted by Crippen LogP contribution is 2.26. The van der Waals surface area contributed by atoms with E-state index in [1.807, 2.05) is 0 Å². The van der Waals surface area contributed by atoms with Gasteiger partial charge in [-0.25, -0.2) is 0 Å². The summed E-state index contributed by atoms with van der Waals surface area (Å²) in [5.74, 6) is -0.525. The van der Waals surface area contributed by atoms with E-state index in [1.54, 1.807) is 15.2 Å². The number of carbonyl (C=O) groups is 1. The number of hydrogen-bond acceptors (Lipinski definition) is 4. The first-order valence-electron chi connectivity index (χ1n) is 8.07. The quantitative estimate of drug-likeness (QED) is 0.853. The van der Waals surface area contributed by atoms with Gasteiger partial charge in [-0.3, -0.25) is 9.48 Å². The zero-order valence-corrected chi connectivity index (χ0v) is 13.9. The molecule has 0 aromatic carbocycles. The van der Waals surface area contributed by atoms with E-state index in [-0.39, 0.29) is 6.04 Å². The lowest BCUT2D eigenvalue weighted by Crippen LogP contribution is -2.43. The Morgan fingerprint density at radius 3 is 2.43 bits per heavy atom. The predicted molar refractivity (Wildman–Crippen MR) is 84.9 cm³/mol. The summed E-state index contributed by atoms with van der Waals surface area (Å²) in [6.07, 6.45) is 7.75. The molecule has 1 aromatic heterocycles. The Balaban J connectivity index is 1.69. The Morgan fingerprint density at radius 2 is 1.83 bits per heavy atom. The molecule has 0 saturated carbocycles. The molecular formula is C14H23N5O3S. The third kappa shape index (κ3) is 3.41. The second kappa shape index (κ2) is 6.58. The minimum atomic E-state index is -3.40. The van der Waals surface area contributed by atoms with Crippen molar-refractivity contribution in [2.24, 2.45) is 5.73 Å². The molecule has 0 bridgehead atoms. The van der Waals surface area contributed by atoms with Crippen LogP contribution in [-0.4, -0.2) is 58.9 Å². The van der Waals surface area contributed by atoms with E-state index >= 15 is 0 Å². The molecule has 0 spiro atoms. The maximum Gasteiger partial charge on any atom is 0.282 e. The van der Waals surface area contributed by atoms with Crippen LogP contribution in [0.2, 0.25) is 0 Å². The molecule has 2 aliphatic heterocycles. The summed E-state index contributed by atoms with van der Waals surface area (Å²) in [5.41, 5.74) is 5.58. The predicted octanol–water partition coefficient (Wildman–Crippen LogP) is 0.350. The smallest absolute Gasteiger partial charge is 0.282 e. The van der Waals surface area contributed by atoms with Crippen LogP contribution in [-0.2, 0) is 10.2 Å². The van der Waals surface area contributed by atoms with Gasteiger partial charge in [-0.2, -0.15) is 22.1 Å². The molecular weight excluding hydrogens is 318 g/mol. The van der Waals surface area contributed by atoms with Crippen LogP contribution in [0.5, 0.6) is 0 Å². The Kier molecular flexibility index (Phi) is 4.69. The first-order chi connectivity index (χ1) is 11.0. The molecule has 1 atom stereocenters. The van der Waals surface area contributed by atoms with Crippen molar-refractivity contribution in [3.8, 4) is 0 Å². The minimum Gasteiger partial charge on any atom is -0.366 e. The van der Waals surface area contributed by atoms with Crippen molar-refractivity contribution in [2.75, 3.05) is 26.2 Å². The van der Waals surface area contributed by atoms with Gasteiger partial charge in [0.2, 0.25) is 0 Å². The second-order valence-corrected chi connectivity index (χ2v) is 8.12. The third-order valence-electron chi connectivity index (χ3n) is 4.60. The van der Waals surface area contributed by atoms with Crippen LogP contribution >= 0.6 is 0 Å². The topological polar surface area (TPSA) is 102 Å². The molecule has 1 unspecified atom stereocenters. The van der Waals surface area contributed by atoms with Crippen molar-refractivity contribution in [1.82, 2.24) is 18.4 Å². The van der Waals surface area contributed by atoms with Gasteiger partial charge in [-0.05, 0) is 19.3 Å². The van der Waals surface area contributed by atoms with Gasteiger partial charge in [-0.1, -0.05) is 12.8 Å². The van der Waals surface area contributed by atoms with E-state index in [9.17, 15) is 13.2 Å². The summed E-state index contributed by atoms with van der Waals surface area (Å²) >= 11 is 0. The van der Waals surface area contributed by atoms with Crippen molar-refractivity contribution >= 4 is 16.1 Å². The highest BCUT2D eigenvalue weighted by atomic mass is 32.2. The maximum atomic E-state index is 12.8. The zero-order valence-electron chi connectivity index (χ0n) is 13.1. The van der Waals surface area contributed by atoms with Crippen LogP contribution in [0.1, 0.15) is 48.5 Å². The number of carbonyl (C=O) groups excluding carboxylic acids is 1. The van der Waals surface area contributed by atoms with Gasteiger partial charge in [0, 0.05) is 32.4 Å². The van der Waals surface area contributed by atoms with E-state index in [0.717, 1.165) is 25.7 Å². The standard InChI is InChI=1S/C14H23N5O3S/c15-14(20)12-9-16-19(10-12)13-5-8-18(11-13)23(21,22)17-6-3-1-2-4-7-17/h9-10,13H,1-8,11H2,(H2,15,20). The van der Waals surface area contributed by atoms with Crippen LogP contribution in [0, 0.1) is 0 Å². The minimum absolute atomic E-state index is 0.0511. The molecule has 0 radical (unpaired) electrons. The van der Waals surface area contributed by atoms with Crippen molar-refractivity contribution in [3.05, 3.63) is 18.0 Å². The van der Waals surface area contributed by atoms with Crippen molar-refractivity contribution in [3.63, 3.8) is 0 Å². The van der Waals surface area contributed by atoms with Gasteiger partial charge in [-0.15, -0.1) is 0 Å². The van der Waals surface area contributed by atoms with Gasteiger partial charge in [0.05, 0.1) is 17.8 Å². The number of amides is 1. The molecule has 0 aliphatic carbocycles. The Bertz CT molecular complexity index is 664. The summed E-state index contributed by atoms with van der Waals surface area (Å²) < 4.78 is 30.4. The number of nitrogens with zero attached hydrogens (tertiary/aromatic N) is 4. The Morgan fingerprint density at radius 1 is 1.13 bits per heavy atom. The number of primary amides is 1. The Labute approximate surface area is 136 Å². The maximum absolute atomic E-state index is 12.8. The summed E-state index contributed by atoms with van der Waals surface area (Å²) in [7, 11) is -3.40. The fourth-order valence-electron chi connectivity index (χ4n) is 3.24. The average molecular weight is 341 g/mol. The lowest BCUT2D eigenvalue weighted by molar-refractivity contribution is 0.1000. The van der Waals surface area contributed by atoms with E-state index < -0.39 is 16.1 Å². The zero-order chi connectivity index (χ0) is 16.4. The van der Waals surface area contributed by atoms with Crippen LogP contribution < -0.4 is 5.73 Å². The molecule has 2 fully saturated rings. The largest absolute Gasteiger partial charge is 0.366 e. The molecule has 3 rings (SSSR count). The summed E-state index contributed by atoms with van der Waals surface area (Å²) in [6.45, 7) is 2.09. The lowest BCUT2D eigenvalue weighted by Gasteiger charge is -2.26. The Hall–Kier alpha value is -1.45. The number of aromatic nitrogens is 2. The monoisotopic (exact) mass is 341 g/mol. The molecule has 8 nitrogen and oxygen atoms in total. The van der Waals surface area contributed by atoms with Crippen molar-refractivity contribution in [2.45, 2.75) is 38.1 Å². The number of hydrogen-bond donors (Lipinski definition) is 1. The first kappa shape index (κ1) is 16.4. The van der Waals surface area contributed by atoms with Crippen LogP contribution in [0.15, 0.2) is 12.4 Å². The van der Waals surface area contributed by atoms with Gasteiger partial charge >= 0.3 is 0 Å². The second-order valence-electron chi connectivity index (χ2n) is 6.19. The highest BCUT2D eigenvalue weighted by molar-refractivity contribution is 7.86. The van der Waals surface area contributed by atoms with E-state index in [1.165, 1.54) is 10.5 Å². The fraction of sp³-hybridized carbons (Fsp3) is 0.714. The van der Waals surface area contributed by atoms with Gasteiger partial charge < -0.3 is 5.73 Å². The molecule has 2 N–H and O–H groups in total. The molecule has 2 aliphatic rings. The van der Waals surface area contributed by atoms with E-state index in [0.29, 0.717) is 38.2 Å². The lowest BCUT2D eigenvalue weighted by atomic mass is 10.2. The normalized spacial score (nSPS) is 24.6. The van der Waals surface area contributed by atoms with E-state index in [2.05, 4.69) is 5.10 Å². The van der Waals surface area contributed by atoms with E-state index in [4.69, 9.17) is 5.73 Å². The summed E-state index contributed by atoms with van der Waals surface area (Å²) in [4.78, 5) is 11.1. The highest BCUT2D eigenvalue weighted by Gasteiger charge is 2.36. The van der Waals surface area contributed by atoms with Gasteiger partial charge in [0.25, 0.3) is 16.1 Å². The van der Waals surface area contributed by atoms with Gasteiger partial charge in [0.1, 0.15) is 0 Å².